The van der Waals surface area contributed by atoms with Gasteiger partial charge in [0.05, 0.1) is 12.9 Å². The monoisotopic (exact) mass is 251 g/mol. The number of imidazole rings is 1. The normalized spacial score (nSPS) is 10.7. The number of allylic oxidation sites excluding steroid dienone is 1. The second-order valence-electron chi connectivity index (χ2n) is 3.96. The molecule has 0 bridgehead atoms. The number of unbranched alkanes of at least 4 members (excludes halogenated alkanes) is 1. The fourth-order valence-corrected chi connectivity index (χ4v) is 1.41. The largest absolute Gasteiger partial charge is 0.450 e. The Morgan fingerprint density at radius 3 is 3.17 bits per heavy atom. The third-order valence-electron chi connectivity index (χ3n) is 2.36. The van der Waals surface area contributed by atoms with E-state index in [1.807, 2.05) is 6.08 Å². The Morgan fingerprint density at radius 1 is 1.56 bits per heavy atom. The maximum Gasteiger partial charge on any atom is 0.407 e. The summed E-state index contributed by atoms with van der Waals surface area (Å²) in [6, 6.07) is 0. The number of alkyl carbamates (subject to hydrolysis) is 1. The molecule has 0 aromatic carbocycles. The van der Waals surface area contributed by atoms with E-state index in [9.17, 15) is 4.79 Å². The molecular weight excluding hydrogens is 230 g/mol. The first kappa shape index (κ1) is 14.3. The van der Waals surface area contributed by atoms with Crippen LogP contribution in [-0.2, 0) is 11.2 Å². The van der Waals surface area contributed by atoms with Gasteiger partial charge in [0.1, 0.15) is 0 Å². The molecule has 0 unspecified atom stereocenters. The van der Waals surface area contributed by atoms with E-state index in [4.69, 9.17) is 4.74 Å². The average Bonchev–Trinajstić information content (AvgIpc) is 2.87. The smallest absolute Gasteiger partial charge is 0.407 e. The number of nitrogens with one attached hydrogen (secondary N) is 2. The van der Waals surface area contributed by atoms with Gasteiger partial charge < -0.3 is 15.0 Å². The molecule has 0 saturated carbocycles. The van der Waals surface area contributed by atoms with E-state index in [0.717, 1.165) is 31.4 Å². The standard InChI is InChI=1S/C13H21N3O2/c1-2-3-4-5-8-15-13(17)18-9-6-7-12-10-14-11-16-12/h4-5,10-11H,2-3,6-9H2,1H3,(H,14,16)(H,15,17)/b5-4+. The van der Waals surface area contributed by atoms with Crippen molar-refractivity contribution < 1.29 is 9.53 Å². The highest BCUT2D eigenvalue weighted by Gasteiger charge is 2.00. The molecule has 0 radical (unpaired) electrons. The number of hydrogen-bond donors (Lipinski definition) is 2. The molecule has 2 N–H and O–H groups in total. The summed E-state index contributed by atoms with van der Waals surface area (Å²) in [4.78, 5) is 18.2. The summed E-state index contributed by atoms with van der Waals surface area (Å²) >= 11 is 0. The molecule has 0 spiro atoms. The first-order valence-electron chi connectivity index (χ1n) is 6.35. The van der Waals surface area contributed by atoms with E-state index in [-0.39, 0.29) is 6.09 Å². The minimum Gasteiger partial charge on any atom is -0.450 e. The van der Waals surface area contributed by atoms with Crippen LogP contribution < -0.4 is 5.32 Å². The first-order valence-corrected chi connectivity index (χ1v) is 6.35. The summed E-state index contributed by atoms with van der Waals surface area (Å²) in [6.07, 6.45) is 10.8. The summed E-state index contributed by atoms with van der Waals surface area (Å²) in [5.74, 6) is 0. The van der Waals surface area contributed by atoms with Gasteiger partial charge in [0.2, 0.25) is 0 Å². The van der Waals surface area contributed by atoms with Gasteiger partial charge in [0, 0.05) is 18.4 Å². The summed E-state index contributed by atoms with van der Waals surface area (Å²) in [6.45, 7) is 3.06. The number of rotatable bonds is 8. The van der Waals surface area contributed by atoms with Gasteiger partial charge in [0.15, 0.2) is 0 Å². The summed E-state index contributed by atoms with van der Waals surface area (Å²) in [5, 5.41) is 2.67. The van der Waals surface area contributed by atoms with Gasteiger partial charge in [-0.2, -0.15) is 0 Å². The van der Waals surface area contributed by atoms with Crippen molar-refractivity contribution in [1.29, 1.82) is 0 Å². The van der Waals surface area contributed by atoms with Crippen molar-refractivity contribution in [3.63, 3.8) is 0 Å². The lowest BCUT2D eigenvalue weighted by Crippen LogP contribution is -2.24. The lowest BCUT2D eigenvalue weighted by molar-refractivity contribution is 0.146. The third-order valence-corrected chi connectivity index (χ3v) is 2.36. The van der Waals surface area contributed by atoms with E-state index in [0.29, 0.717) is 13.2 Å². The summed E-state index contributed by atoms with van der Waals surface area (Å²) < 4.78 is 5.03. The molecule has 1 aromatic rings. The molecule has 0 saturated heterocycles. The number of hydrogen-bond acceptors (Lipinski definition) is 3. The van der Waals surface area contributed by atoms with Gasteiger partial charge in [0.25, 0.3) is 0 Å². The predicted molar refractivity (Wildman–Crippen MR) is 70.3 cm³/mol. The average molecular weight is 251 g/mol. The number of amides is 1. The van der Waals surface area contributed by atoms with Gasteiger partial charge in [-0.1, -0.05) is 25.5 Å². The third kappa shape index (κ3) is 6.73. The van der Waals surface area contributed by atoms with Crippen molar-refractivity contribution in [2.45, 2.75) is 32.6 Å². The van der Waals surface area contributed by atoms with Gasteiger partial charge in [-0.15, -0.1) is 0 Å². The highest BCUT2D eigenvalue weighted by atomic mass is 16.5. The Morgan fingerprint density at radius 2 is 2.44 bits per heavy atom. The van der Waals surface area contributed by atoms with Crippen LogP contribution in [0.5, 0.6) is 0 Å². The molecule has 0 fully saturated rings. The summed E-state index contributed by atoms with van der Waals surface area (Å²) in [7, 11) is 0. The van der Waals surface area contributed by atoms with Crippen LogP contribution in [0.3, 0.4) is 0 Å². The molecule has 0 atom stereocenters. The molecule has 1 rings (SSSR count). The molecule has 0 aliphatic rings. The lowest BCUT2D eigenvalue weighted by Gasteiger charge is -2.04. The second-order valence-corrected chi connectivity index (χ2v) is 3.96. The number of aromatic amines is 1. The van der Waals surface area contributed by atoms with Crippen LogP contribution in [0.15, 0.2) is 24.7 Å². The van der Waals surface area contributed by atoms with E-state index in [1.54, 1.807) is 12.5 Å². The molecule has 100 valence electrons. The van der Waals surface area contributed by atoms with Crippen LogP contribution in [0.25, 0.3) is 0 Å². The first-order chi connectivity index (χ1) is 8.83. The van der Waals surface area contributed by atoms with Gasteiger partial charge in [-0.25, -0.2) is 9.78 Å². The van der Waals surface area contributed by atoms with Crippen molar-refractivity contribution in [3.05, 3.63) is 30.4 Å². The van der Waals surface area contributed by atoms with Crippen molar-refractivity contribution in [2.75, 3.05) is 13.2 Å². The van der Waals surface area contributed by atoms with Crippen molar-refractivity contribution >= 4 is 6.09 Å². The number of ether oxygens (including phenoxy) is 1. The predicted octanol–water partition coefficient (Wildman–Crippen LogP) is 2.42. The van der Waals surface area contributed by atoms with Gasteiger partial charge in [-0.05, 0) is 19.3 Å². The molecule has 1 heterocycles. The van der Waals surface area contributed by atoms with Crippen LogP contribution in [-0.4, -0.2) is 29.2 Å². The molecule has 0 aliphatic heterocycles. The number of H-pyrrole nitrogens is 1. The zero-order chi connectivity index (χ0) is 13.1. The van der Waals surface area contributed by atoms with E-state index >= 15 is 0 Å². The number of aromatic nitrogens is 2. The Balaban J connectivity index is 1.96. The van der Waals surface area contributed by atoms with E-state index in [2.05, 4.69) is 28.3 Å². The molecule has 1 amide bonds. The fourth-order valence-electron chi connectivity index (χ4n) is 1.41. The van der Waals surface area contributed by atoms with Crippen LogP contribution in [0.4, 0.5) is 4.79 Å². The van der Waals surface area contributed by atoms with Crippen molar-refractivity contribution in [2.24, 2.45) is 0 Å². The molecule has 18 heavy (non-hydrogen) atoms. The zero-order valence-corrected chi connectivity index (χ0v) is 10.8. The lowest BCUT2D eigenvalue weighted by atomic mass is 10.3. The highest BCUT2D eigenvalue weighted by molar-refractivity contribution is 5.67. The number of carbonyl (C=O) groups excluding carboxylic acids is 1. The molecule has 0 aliphatic carbocycles. The molecule has 5 heteroatoms. The van der Waals surface area contributed by atoms with Gasteiger partial charge in [-0.3, -0.25) is 0 Å². The van der Waals surface area contributed by atoms with Crippen LogP contribution >= 0.6 is 0 Å². The molecule has 5 nitrogen and oxygen atoms in total. The second kappa shape index (κ2) is 9.27. The minimum absolute atomic E-state index is 0.360. The van der Waals surface area contributed by atoms with E-state index in [1.165, 1.54) is 0 Å². The Kier molecular flexibility index (Phi) is 7.36. The van der Waals surface area contributed by atoms with Crippen LogP contribution in [0.2, 0.25) is 0 Å². The molecule has 1 aromatic heterocycles. The number of aryl methyl sites for hydroxylation is 1. The summed E-state index contributed by atoms with van der Waals surface area (Å²) in [5.41, 5.74) is 1.06. The molecular formula is C13H21N3O2. The van der Waals surface area contributed by atoms with Crippen molar-refractivity contribution in [1.82, 2.24) is 15.3 Å². The van der Waals surface area contributed by atoms with Crippen LogP contribution in [0.1, 0.15) is 31.9 Å². The van der Waals surface area contributed by atoms with Crippen LogP contribution in [0, 0.1) is 0 Å². The maximum atomic E-state index is 11.2. The fraction of sp³-hybridized carbons (Fsp3) is 0.538. The number of nitrogens with zero attached hydrogens (tertiary/aromatic N) is 1. The highest BCUT2D eigenvalue weighted by Crippen LogP contribution is 1.97. The van der Waals surface area contributed by atoms with E-state index < -0.39 is 0 Å². The Labute approximate surface area is 108 Å². The maximum absolute atomic E-state index is 11.2. The minimum atomic E-state index is -0.360. The zero-order valence-electron chi connectivity index (χ0n) is 10.8. The number of carbonyl (C=O) groups is 1. The Bertz CT molecular complexity index is 347. The topological polar surface area (TPSA) is 67.0 Å². The Hall–Kier alpha value is -1.78. The van der Waals surface area contributed by atoms with Gasteiger partial charge >= 0.3 is 6.09 Å². The van der Waals surface area contributed by atoms with Crippen molar-refractivity contribution in [3.8, 4) is 0 Å². The SMILES string of the molecule is CCC/C=C/CNC(=O)OCCCc1cnc[nH]1. The quantitative estimate of drug-likeness (QED) is 0.551.